The molecule has 0 saturated heterocycles. The van der Waals surface area contributed by atoms with E-state index in [0.29, 0.717) is 0 Å². The fourth-order valence-corrected chi connectivity index (χ4v) is 2.45. The molecule has 0 aromatic heterocycles. The van der Waals surface area contributed by atoms with E-state index in [2.05, 4.69) is 46.0 Å². The van der Waals surface area contributed by atoms with Gasteiger partial charge < -0.3 is 15.4 Å². The normalized spacial score (nSPS) is 21.6. The molecule has 20 heavy (non-hydrogen) atoms. The molecule has 0 amide bonds. The number of nitrogens with one attached hydrogen (secondary N) is 2. The highest BCUT2D eigenvalue weighted by atomic mass is 16.5. The van der Waals surface area contributed by atoms with Gasteiger partial charge in [-0.2, -0.15) is 0 Å². The van der Waals surface area contributed by atoms with Gasteiger partial charge in [-0.3, -0.25) is 4.99 Å². The number of methoxy groups -OCH3 is 1. The molecular formula is C16H25N3O. The molecule has 1 aliphatic rings. The first kappa shape index (κ1) is 14.9. The van der Waals surface area contributed by atoms with E-state index in [9.17, 15) is 0 Å². The Morgan fingerprint density at radius 2 is 2.10 bits per heavy atom. The highest BCUT2D eigenvalue weighted by Gasteiger charge is 2.37. The molecule has 2 unspecified atom stereocenters. The van der Waals surface area contributed by atoms with Crippen molar-refractivity contribution in [1.82, 2.24) is 10.6 Å². The Labute approximate surface area is 121 Å². The highest BCUT2D eigenvalue weighted by molar-refractivity contribution is 5.79. The van der Waals surface area contributed by atoms with Gasteiger partial charge in [0, 0.05) is 33.9 Å². The number of ether oxygens (including phenoxy) is 1. The second-order valence-electron chi connectivity index (χ2n) is 5.24. The summed E-state index contributed by atoms with van der Waals surface area (Å²) in [4.78, 5) is 4.24. The summed E-state index contributed by atoms with van der Waals surface area (Å²) in [5.41, 5.74) is 1.46. The summed E-state index contributed by atoms with van der Waals surface area (Å²) in [6.07, 6.45) is 2.27. The van der Waals surface area contributed by atoms with E-state index in [1.807, 2.05) is 7.05 Å². The minimum atomic E-state index is 0.718. The van der Waals surface area contributed by atoms with Crippen molar-refractivity contribution in [2.75, 3.05) is 33.9 Å². The quantitative estimate of drug-likeness (QED) is 0.454. The Balaban J connectivity index is 1.65. The molecule has 0 bridgehead atoms. The van der Waals surface area contributed by atoms with Gasteiger partial charge >= 0.3 is 0 Å². The predicted octanol–water partition coefficient (Wildman–Crippen LogP) is 1.99. The van der Waals surface area contributed by atoms with Crippen molar-refractivity contribution in [1.29, 1.82) is 0 Å². The lowest BCUT2D eigenvalue weighted by Crippen LogP contribution is -2.39. The molecule has 0 aliphatic heterocycles. The van der Waals surface area contributed by atoms with E-state index in [0.717, 1.165) is 43.9 Å². The number of guanidine groups is 1. The van der Waals surface area contributed by atoms with Gasteiger partial charge in [0.05, 0.1) is 0 Å². The molecule has 110 valence electrons. The van der Waals surface area contributed by atoms with E-state index in [1.54, 1.807) is 7.11 Å². The summed E-state index contributed by atoms with van der Waals surface area (Å²) in [5, 5.41) is 6.71. The van der Waals surface area contributed by atoms with Crippen LogP contribution in [0.5, 0.6) is 0 Å². The summed E-state index contributed by atoms with van der Waals surface area (Å²) in [6, 6.07) is 10.8. The minimum absolute atomic E-state index is 0.718. The van der Waals surface area contributed by atoms with Gasteiger partial charge in [0.15, 0.2) is 5.96 Å². The minimum Gasteiger partial charge on any atom is -0.385 e. The van der Waals surface area contributed by atoms with Crippen molar-refractivity contribution in [3.8, 4) is 0 Å². The summed E-state index contributed by atoms with van der Waals surface area (Å²) in [6.45, 7) is 2.66. The van der Waals surface area contributed by atoms with E-state index in [1.165, 1.54) is 12.0 Å². The van der Waals surface area contributed by atoms with Gasteiger partial charge in [0.25, 0.3) is 0 Å². The van der Waals surface area contributed by atoms with E-state index < -0.39 is 0 Å². The second kappa shape index (κ2) is 7.90. The molecule has 4 nitrogen and oxygen atoms in total. The Kier molecular flexibility index (Phi) is 5.87. The van der Waals surface area contributed by atoms with Crippen LogP contribution >= 0.6 is 0 Å². The number of hydrogen-bond donors (Lipinski definition) is 2. The predicted molar refractivity (Wildman–Crippen MR) is 83.1 cm³/mol. The lowest BCUT2D eigenvalue weighted by Gasteiger charge is -2.11. The lowest BCUT2D eigenvalue weighted by molar-refractivity contribution is 0.195. The van der Waals surface area contributed by atoms with Crippen LogP contribution in [0, 0.1) is 5.92 Å². The van der Waals surface area contributed by atoms with Gasteiger partial charge in [-0.05, 0) is 30.2 Å². The van der Waals surface area contributed by atoms with Crippen molar-refractivity contribution in [3.63, 3.8) is 0 Å². The molecule has 0 spiro atoms. The average Bonchev–Trinajstić information content (AvgIpc) is 3.27. The first-order valence-corrected chi connectivity index (χ1v) is 7.33. The zero-order chi connectivity index (χ0) is 14.2. The van der Waals surface area contributed by atoms with Gasteiger partial charge in [0.1, 0.15) is 0 Å². The number of hydrogen-bond acceptors (Lipinski definition) is 2. The Bertz CT molecular complexity index is 419. The van der Waals surface area contributed by atoms with Crippen molar-refractivity contribution >= 4 is 5.96 Å². The van der Waals surface area contributed by atoms with Crippen molar-refractivity contribution < 1.29 is 4.74 Å². The molecule has 2 atom stereocenters. The third kappa shape index (κ3) is 4.53. The molecule has 1 aromatic carbocycles. The number of nitrogens with zero attached hydrogens (tertiary/aromatic N) is 1. The molecule has 0 radical (unpaired) electrons. The van der Waals surface area contributed by atoms with E-state index in [4.69, 9.17) is 4.74 Å². The summed E-state index contributed by atoms with van der Waals surface area (Å²) in [7, 11) is 3.54. The van der Waals surface area contributed by atoms with Gasteiger partial charge in [-0.1, -0.05) is 30.3 Å². The van der Waals surface area contributed by atoms with Gasteiger partial charge in [-0.25, -0.2) is 0 Å². The van der Waals surface area contributed by atoms with Crippen LogP contribution in [0.3, 0.4) is 0 Å². The topological polar surface area (TPSA) is 45.7 Å². The van der Waals surface area contributed by atoms with Crippen LogP contribution in [-0.2, 0) is 4.74 Å². The molecule has 0 heterocycles. The number of aliphatic imine (C=N–C) groups is 1. The van der Waals surface area contributed by atoms with Gasteiger partial charge in [-0.15, -0.1) is 0 Å². The molecule has 1 aliphatic carbocycles. The molecule has 1 aromatic rings. The van der Waals surface area contributed by atoms with Crippen molar-refractivity contribution in [2.24, 2.45) is 10.9 Å². The Morgan fingerprint density at radius 1 is 1.30 bits per heavy atom. The average molecular weight is 275 g/mol. The first-order valence-electron chi connectivity index (χ1n) is 7.33. The third-order valence-electron chi connectivity index (χ3n) is 3.72. The Hall–Kier alpha value is -1.55. The standard InChI is InChI=1S/C16H25N3O/c1-17-16(18-9-6-10-20-2)19-12-14-11-15(14)13-7-4-3-5-8-13/h3-5,7-8,14-15H,6,9-12H2,1-2H3,(H2,17,18,19). The molecule has 4 heteroatoms. The zero-order valence-corrected chi connectivity index (χ0v) is 12.4. The van der Waals surface area contributed by atoms with Crippen LogP contribution < -0.4 is 10.6 Å². The van der Waals surface area contributed by atoms with Crippen LogP contribution in [0.4, 0.5) is 0 Å². The lowest BCUT2D eigenvalue weighted by atomic mass is 10.1. The zero-order valence-electron chi connectivity index (χ0n) is 12.4. The molecule has 1 fully saturated rings. The highest BCUT2D eigenvalue weighted by Crippen LogP contribution is 2.46. The second-order valence-corrected chi connectivity index (χ2v) is 5.24. The summed E-state index contributed by atoms with van der Waals surface area (Å²) < 4.78 is 5.03. The van der Waals surface area contributed by atoms with Crippen molar-refractivity contribution in [2.45, 2.75) is 18.8 Å². The molecule has 1 saturated carbocycles. The monoisotopic (exact) mass is 275 g/mol. The molecule has 2 N–H and O–H groups in total. The summed E-state index contributed by atoms with van der Waals surface area (Å²) in [5.74, 6) is 2.34. The van der Waals surface area contributed by atoms with Crippen LogP contribution in [-0.4, -0.2) is 39.8 Å². The SMILES string of the molecule is CN=C(NCCCOC)NCC1CC1c1ccccc1. The maximum atomic E-state index is 5.03. The largest absolute Gasteiger partial charge is 0.385 e. The fourth-order valence-electron chi connectivity index (χ4n) is 2.45. The maximum Gasteiger partial charge on any atom is 0.190 e. The molecule has 2 rings (SSSR count). The van der Waals surface area contributed by atoms with Crippen LogP contribution in [0.2, 0.25) is 0 Å². The smallest absolute Gasteiger partial charge is 0.190 e. The van der Waals surface area contributed by atoms with Crippen LogP contribution in [0.25, 0.3) is 0 Å². The van der Waals surface area contributed by atoms with E-state index >= 15 is 0 Å². The van der Waals surface area contributed by atoms with Crippen LogP contribution in [0.1, 0.15) is 24.3 Å². The van der Waals surface area contributed by atoms with Crippen LogP contribution in [0.15, 0.2) is 35.3 Å². The Morgan fingerprint density at radius 3 is 2.80 bits per heavy atom. The molecular weight excluding hydrogens is 250 g/mol. The van der Waals surface area contributed by atoms with Crippen molar-refractivity contribution in [3.05, 3.63) is 35.9 Å². The summed E-state index contributed by atoms with van der Waals surface area (Å²) >= 11 is 0. The van der Waals surface area contributed by atoms with Gasteiger partial charge in [0.2, 0.25) is 0 Å². The number of benzene rings is 1. The fraction of sp³-hybridized carbons (Fsp3) is 0.562. The maximum absolute atomic E-state index is 5.03. The first-order chi connectivity index (χ1) is 9.85. The number of rotatable bonds is 7. The third-order valence-corrected chi connectivity index (χ3v) is 3.72. The van der Waals surface area contributed by atoms with E-state index in [-0.39, 0.29) is 0 Å².